The molecule has 0 bridgehead atoms. The summed E-state index contributed by atoms with van der Waals surface area (Å²) in [5, 5.41) is 0. The molecular weight excluding hydrogens is 261 g/mol. The van der Waals surface area contributed by atoms with Gasteiger partial charge in [0.15, 0.2) is 12.4 Å². The first-order valence-corrected chi connectivity index (χ1v) is 3.96. The zero-order valence-corrected chi connectivity index (χ0v) is 10.3. The molecule has 1 rings (SSSR count). The van der Waals surface area contributed by atoms with E-state index in [4.69, 9.17) is 0 Å². The molecule has 2 heteroatoms. The van der Waals surface area contributed by atoms with Crippen molar-refractivity contribution in [1.29, 1.82) is 0 Å². The third-order valence-corrected chi connectivity index (χ3v) is 1.84. The number of nitrogens with zero attached hydrogens (tertiary/aromatic N) is 1. The van der Waals surface area contributed by atoms with Crippen LogP contribution in [0.15, 0.2) is 24.5 Å². The van der Waals surface area contributed by atoms with Crippen molar-refractivity contribution in [3.63, 3.8) is 0 Å². The van der Waals surface area contributed by atoms with Gasteiger partial charge in [-0.1, -0.05) is 20.8 Å². The molecule has 0 spiro atoms. The van der Waals surface area contributed by atoms with Gasteiger partial charge in [0.25, 0.3) is 0 Å². The van der Waals surface area contributed by atoms with Gasteiger partial charge >= 0.3 is 0 Å². The smallest absolute Gasteiger partial charge is 0.168 e. The van der Waals surface area contributed by atoms with E-state index in [0.29, 0.717) is 0 Å². The monoisotopic (exact) mass is 277 g/mol. The van der Waals surface area contributed by atoms with Gasteiger partial charge in [-0.2, -0.15) is 0 Å². The van der Waals surface area contributed by atoms with Gasteiger partial charge in [0, 0.05) is 12.1 Å². The van der Waals surface area contributed by atoms with Gasteiger partial charge in [0.1, 0.15) is 7.05 Å². The fourth-order valence-corrected chi connectivity index (χ4v) is 1.00. The highest BCUT2D eigenvalue weighted by molar-refractivity contribution is 5.17. The molecule has 0 aliphatic carbocycles. The Labute approximate surface area is 91.8 Å². The van der Waals surface area contributed by atoms with Crippen molar-refractivity contribution in [2.75, 3.05) is 0 Å². The third-order valence-electron chi connectivity index (χ3n) is 1.84. The zero-order valence-electron chi connectivity index (χ0n) is 8.13. The average Bonchev–Trinajstić information content (AvgIpc) is 1.86. The predicted molar refractivity (Wildman–Crippen MR) is 46.3 cm³/mol. The lowest BCUT2D eigenvalue weighted by atomic mass is 9.88. The normalized spacial score (nSPS) is 10.7. The summed E-state index contributed by atoms with van der Waals surface area (Å²) < 4.78 is 2.05. The van der Waals surface area contributed by atoms with E-state index in [0.717, 1.165) is 0 Å². The number of aromatic nitrogens is 1. The fourth-order valence-electron chi connectivity index (χ4n) is 1.00. The maximum atomic E-state index is 2.22. The molecule has 0 aliphatic rings. The first kappa shape index (κ1) is 11.9. The lowest BCUT2D eigenvalue weighted by molar-refractivity contribution is -0.671. The van der Waals surface area contributed by atoms with Crippen LogP contribution in [-0.2, 0) is 12.5 Å². The van der Waals surface area contributed by atoms with Crippen molar-refractivity contribution in [2.45, 2.75) is 26.2 Å². The van der Waals surface area contributed by atoms with Gasteiger partial charge in [0.05, 0.1) is 0 Å². The summed E-state index contributed by atoms with van der Waals surface area (Å²) in [5.41, 5.74) is 1.66. The molecule has 0 radical (unpaired) electrons. The highest BCUT2D eigenvalue weighted by atomic mass is 127. The Hall–Kier alpha value is -0.120. The molecule has 1 aromatic heterocycles. The highest BCUT2D eigenvalue weighted by Crippen LogP contribution is 2.19. The molecule has 0 N–H and O–H groups in total. The molecule has 0 aromatic carbocycles. The second-order valence-electron chi connectivity index (χ2n) is 4.00. The molecule has 0 fully saturated rings. The molecular formula is C10H16IN. The Bertz CT molecular complexity index is 233. The van der Waals surface area contributed by atoms with Gasteiger partial charge < -0.3 is 24.0 Å². The first-order chi connectivity index (χ1) is 5.00. The van der Waals surface area contributed by atoms with Gasteiger partial charge in [-0.3, -0.25) is 0 Å². The van der Waals surface area contributed by atoms with E-state index in [1.165, 1.54) is 5.56 Å². The Morgan fingerprint density at radius 1 is 1.08 bits per heavy atom. The van der Waals surface area contributed by atoms with Gasteiger partial charge in [0.2, 0.25) is 0 Å². The largest absolute Gasteiger partial charge is 1.00 e. The van der Waals surface area contributed by atoms with Crippen LogP contribution < -0.4 is 28.5 Å². The average molecular weight is 277 g/mol. The standard InChI is InChI=1S/C10H16N.HI/c1-10(2,3)9-5-7-11(4)8-6-9;/h5-8H,1-4H3;1H/q+1;/p-1. The number of halogens is 1. The Kier molecular flexibility index (Phi) is 4.17. The fraction of sp³-hybridized carbons (Fsp3) is 0.500. The molecule has 0 amide bonds. The molecule has 1 heterocycles. The second-order valence-corrected chi connectivity index (χ2v) is 4.00. The van der Waals surface area contributed by atoms with E-state index >= 15 is 0 Å². The SMILES string of the molecule is C[n+]1ccc(C(C)(C)C)cc1.[I-]. The minimum atomic E-state index is 0. The van der Waals surface area contributed by atoms with E-state index in [-0.39, 0.29) is 29.4 Å². The van der Waals surface area contributed by atoms with Crippen molar-refractivity contribution in [1.82, 2.24) is 0 Å². The van der Waals surface area contributed by atoms with E-state index in [1.54, 1.807) is 0 Å². The van der Waals surface area contributed by atoms with Crippen LogP contribution in [0.25, 0.3) is 0 Å². The molecule has 1 aromatic rings. The van der Waals surface area contributed by atoms with Crippen molar-refractivity contribution in [3.8, 4) is 0 Å². The molecule has 12 heavy (non-hydrogen) atoms. The van der Waals surface area contributed by atoms with Crippen molar-refractivity contribution < 1.29 is 28.5 Å². The Balaban J connectivity index is 0.00000121. The minimum absolute atomic E-state index is 0. The van der Waals surface area contributed by atoms with E-state index < -0.39 is 0 Å². The zero-order chi connectivity index (χ0) is 8.48. The number of pyridine rings is 1. The summed E-state index contributed by atoms with van der Waals surface area (Å²) in [6.45, 7) is 6.67. The van der Waals surface area contributed by atoms with Crippen LogP contribution in [0.4, 0.5) is 0 Å². The van der Waals surface area contributed by atoms with Crippen LogP contribution in [0.1, 0.15) is 26.3 Å². The number of hydrogen-bond donors (Lipinski definition) is 0. The lowest BCUT2D eigenvalue weighted by Gasteiger charge is -2.17. The van der Waals surface area contributed by atoms with Gasteiger partial charge in [-0.05, 0) is 11.0 Å². The molecule has 68 valence electrons. The van der Waals surface area contributed by atoms with E-state index in [9.17, 15) is 0 Å². The number of aryl methyl sites for hydroxylation is 1. The number of rotatable bonds is 0. The second kappa shape index (κ2) is 4.21. The van der Waals surface area contributed by atoms with Crippen molar-refractivity contribution in [2.24, 2.45) is 7.05 Å². The van der Waals surface area contributed by atoms with Crippen LogP contribution in [0.3, 0.4) is 0 Å². The molecule has 1 nitrogen and oxygen atoms in total. The Morgan fingerprint density at radius 2 is 1.50 bits per heavy atom. The summed E-state index contributed by atoms with van der Waals surface area (Å²) >= 11 is 0. The Morgan fingerprint density at radius 3 is 1.83 bits per heavy atom. The maximum Gasteiger partial charge on any atom is 0.168 e. The highest BCUT2D eigenvalue weighted by Gasteiger charge is 2.13. The van der Waals surface area contributed by atoms with Crippen LogP contribution in [0, 0.1) is 0 Å². The summed E-state index contributed by atoms with van der Waals surface area (Å²) in [5.74, 6) is 0. The van der Waals surface area contributed by atoms with E-state index in [2.05, 4.69) is 49.9 Å². The van der Waals surface area contributed by atoms with Crippen molar-refractivity contribution in [3.05, 3.63) is 30.1 Å². The number of hydrogen-bond acceptors (Lipinski definition) is 0. The molecule has 0 saturated carbocycles. The molecule has 0 saturated heterocycles. The lowest BCUT2D eigenvalue weighted by Crippen LogP contribution is -3.00. The first-order valence-electron chi connectivity index (χ1n) is 3.96. The third kappa shape index (κ3) is 3.09. The van der Waals surface area contributed by atoms with Crippen LogP contribution in [-0.4, -0.2) is 0 Å². The van der Waals surface area contributed by atoms with Gasteiger partial charge in [-0.15, -0.1) is 0 Å². The molecule has 0 atom stereocenters. The summed E-state index contributed by atoms with van der Waals surface area (Å²) in [4.78, 5) is 0. The predicted octanol–water partition coefficient (Wildman–Crippen LogP) is -1.19. The quantitative estimate of drug-likeness (QED) is 0.415. The van der Waals surface area contributed by atoms with Crippen LogP contribution in [0.2, 0.25) is 0 Å². The molecule has 0 aliphatic heterocycles. The van der Waals surface area contributed by atoms with Gasteiger partial charge in [-0.25, -0.2) is 4.57 Å². The minimum Gasteiger partial charge on any atom is -1.00 e. The van der Waals surface area contributed by atoms with Crippen LogP contribution in [0.5, 0.6) is 0 Å². The topological polar surface area (TPSA) is 3.88 Å². The maximum absolute atomic E-state index is 2.22. The molecule has 0 unspecified atom stereocenters. The summed E-state index contributed by atoms with van der Waals surface area (Å²) in [6.07, 6.45) is 4.17. The summed E-state index contributed by atoms with van der Waals surface area (Å²) in [7, 11) is 2.03. The van der Waals surface area contributed by atoms with Crippen LogP contribution >= 0.6 is 0 Å². The van der Waals surface area contributed by atoms with E-state index in [1.807, 2.05) is 7.05 Å². The summed E-state index contributed by atoms with van der Waals surface area (Å²) in [6, 6.07) is 4.33. The van der Waals surface area contributed by atoms with Crippen molar-refractivity contribution >= 4 is 0 Å².